The number of hydrogen-bond acceptors (Lipinski definition) is 4. The standard InChI is InChI=1S/C30H33ClN4O/c1-22-12-13-25(18-23(22)2)28-19-29(26-10-6-7-11-27(26)31)35(32-28)30(36)21-34-16-14-33(15-17-34)20-24-8-4-3-5-9-24/h3-13,18,29H,14-17,19-21H2,1-2H3/t29-/m0/s1. The molecule has 5 nitrogen and oxygen atoms in total. The van der Waals surface area contributed by atoms with Gasteiger partial charge in [0, 0.05) is 44.2 Å². The van der Waals surface area contributed by atoms with Crippen molar-refractivity contribution in [3.63, 3.8) is 0 Å². The van der Waals surface area contributed by atoms with Crippen molar-refractivity contribution < 1.29 is 4.79 Å². The van der Waals surface area contributed by atoms with Gasteiger partial charge in [0.1, 0.15) is 0 Å². The van der Waals surface area contributed by atoms with Gasteiger partial charge in [-0.2, -0.15) is 5.10 Å². The Bertz CT molecular complexity index is 1250. The van der Waals surface area contributed by atoms with Crippen LogP contribution >= 0.6 is 11.6 Å². The molecule has 0 radical (unpaired) electrons. The highest BCUT2D eigenvalue weighted by atomic mass is 35.5. The number of piperazine rings is 1. The zero-order chi connectivity index (χ0) is 25.1. The van der Waals surface area contributed by atoms with E-state index in [9.17, 15) is 4.79 Å². The number of amides is 1. The van der Waals surface area contributed by atoms with Gasteiger partial charge in [-0.1, -0.05) is 72.3 Å². The van der Waals surface area contributed by atoms with E-state index in [0.717, 1.165) is 49.6 Å². The van der Waals surface area contributed by atoms with Crippen molar-refractivity contribution in [2.24, 2.45) is 5.10 Å². The van der Waals surface area contributed by atoms with E-state index < -0.39 is 0 Å². The Kier molecular flexibility index (Phi) is 7.51. The summed E-state index contributed by atoms with van der Waals surface area (Å²) in [4.78, 5) is 18.3. The lowest BCUT2D eigenvalue weighted by molar-refractivity contribution is -0.134. The van der Waals surface area contributed by atoms with Crippen LogP contribution in [0.3, 0.4) is 0 Å². The fourth-order valence-corrected chi connectivity index (χ4v) is 5.30. The van der Waals surface area contributed by atoms with Gasteiger partial charge in [-0.05, 0) is 53.8 Å². The predicted octanol–water partition coefficient (Wildman–Crippen LogP) is 5.45. The van der Waals surface area contributed by atoms with Crippen LogP contribution in [0.1, 0.15) is 40.3 Å². The van der Waals surface area contributed by atoms with E-state index in [4.69, 9.17) is 16.7 Å². The van der Waals surface area contributed by atoms with E-state index in [-0.39, 0.29) is 11.9 Å². The second kappa shape index (κ2) is 11.0. The summed E-state index contributed by atoms with van der Waals surface area (Å²) in [7, 11) is 0. The molecule has 2 aliphatic heterocycles. The third kappa shape index (κ3) is 5.54. The molecule has 5 rings (SSSR count). The molecule has 0 aromatic heterocycles. The minimum atomic E-state index is -0.192. The second-order valence-corrected chi connectivity index (χ2v) is 10.3. The fourth-order valence-electron chi connectivity index (χ4n) is 5.03. The number of carbonyl (C=O) groups excluding carboxylic acids is 1. The third-order valence-electron chi connectivity index (χ3n) is 7.34. The summed E-state index contributed by atoms with van der Waals surface area (Å²) in [5.41, 5.74) is 6.75. The maximum absolute atomic E-state index is 13.6. The van der Waals surface area contributed by atoms with Gasteiger partial charge in [-0.15, -0.1) is 0 Å². The molecular weight excluding hydrogens is 468 g/mol. The molecule has 36 heavy (non-hydrogen) atoms. The molecule has 0 unspecified atom stereocenters. The van der Waals surface area contributed by atoms with Gasteiger partial charge in [0.15, 0.2) is 0 Å². The highest BCUT2D eigenvalue weighted by Gasteiger charge is 2.35. The quantitative estimate of drug-likeness (QED) is 0.451. The lowest BCUT2D eigenvalue weighted by atomic mass is 9.96. The van der Waals surface area contributed by atoms with Crippen LogP contribution in [0.25, 0.3) is 0 Å². The molecule has 0 aliphatic carbocycles. The van der Waals surface area contributed by atoms with Crippen molar-refractivity contribution in [2.75, 3.05) is 32.7 Å². The Morgan fingerprint density at radius 2 is 1.58 bits per heavy atom. The second-order valence-electron chi connectivity index (χ2n) is 9.86. The Hall–Kier alpha value is -2.99. The molecule has 6 heteroatoms. The van der Waals surface area contributed by atoms with Crippen molar-refractivity contribution in [1.29, 1.82) is 0 Å². The largest absolute Gasteiger partial charge is 0.297 e. The number of hydrazone groups is 1. The van der Waals surface area contributed by atoms with Gasteiger partial charge in [0.05, 0.1) is 18.3 Å². The molecule has 3 aromatic carbocycles. The molecule has 0 saturated carbocycles. The molecule has 0 bridgehead atoms. The average Bonchev–Trinajstić information content (AvgIpc) is 3.33. The smallest absolute Gasteiger partial charge is 0.257 e. The summed E-state index contributed by atoms with van der Waals surface area (Å²) in [5, 5.41) is 7.22. The molecule has 1 atom stereocenters. The van der Waals surface area contributed by atoms with E-state index in [1.165, 1.54) is 16.7 Å². The average molecular weight is 501 g/mol. The SMILES string of the molecule is Cc1ccc(C2=NN(C(=O)CN3CCN(Cc4ccccc4)CC3)[C@H](c3ccccc3Cl)C2)cc1C. The lowest BCUT2D eigenvalue weighted by Gasteiger charge is -2.35. The van der Waals surface area contributed by atoms with E-state index in [2.05, 4.69) is 72.2 Å². The lowest BCUT2D eigenvalue weighted by Crippen LogP contribution is -2.49. The molecule has 3 aromatic rings. The van der Waals surface area contributed by atoms with Crippen LogP contribution in [0, 0.1) is 13.8 Å². The van der Waals surface area contributed by atoms with E-state index in [0.29, 0.717) is 18.0 Å². The Balaban J connectivity index is 1.29. The number of hydrogen-bond donors (Lipinski definition) is 0. The highest BCUT2D eigenvalue weighted by Crippen LogP contribution is 2.36. The zero-order valence-electron chi connectivity index (χ0n) is 21.0. The van der Waals surface area contributed by atoms with Gasteiger partial charge >= 0.3 is 0 Å². The monoisotopic (exact) mass is 500 g/mol. The van der Waals surface area contributed by atoms with Crippen molar-refractivity contribution in [3.05, 3.63) is 106 Å². The number of carbonyl (C=O) groups is 1. The number of nitrogens with zero attached hydrogens (tertiary/aromatic N) is 4. The van der Waals surface area contributed by atoms with Gasteiger partial charge in [-0.25, -0.2) is 5.01 Å². The van der Waals surface area contributed by atoms with Crippen LogP contribution in [0.5, 0.6) is 0 Å². The van der Waals surface area contributed by atoms with Gasteiger partial charge in [0.2, 0.25) is 0 Å². The summed E-state index contributed by atoms with van der Waals surface area (Å²) in [6.07, 6.45) is 0.656. The number of halogens is 1. The highest BCUT2D eigenvalue weighted by molar-refractivity contribution is 6.31. The van der Waals surface area contributed by atoms with Crippen LogP contribution in [0.2, 0.25) is 5.02 Å². The summed E-state index contributed by atoms with van der Waals surface area (Å²) in [6.45, 7) is 9.18. The first-order valence-electron chi connectivity index (χ1n) is 12.7. The van der Waals surface area contributed by atoms with Gasteiger partial charge in [-0.3, -0.25) is 14.6 Å². The van der Waals surface area contributed by atoms with E-state index in [1.807, 2.05) is 24.3 Å². The van der Waals surface area contributed by atoms with Crippen molar-refractivity contribution in [3.8, 4) is 0 Å². The fraction of sp³-hybridized carbons (Fsp3) is 0.333. The van der Waals surface area contributed by atoms with Crippen molar-refractivity contribution in [2.45, 2.75) is 32.9 Å². The molecule has 1 saturated heterocycles. The Morgan fingerprint density at radius 3 is 2.31 bits per heavy atom. The summed E-state index contributed by atoms with van der Waals surface area (Å²) < 4.78 is 0. The molecule has 2 aliphatic rings. The first-order valence-corrected chi connectivity index (χ1v) is 13.1. The van der Waals surface area contributed by atoms with Crippen LogP contribution in [0.4, 0.5) is 0 Å². The Labute approximate surface area is 219 Å². The van der Waals surface area contributed by atoms with Crippen molar-refractivity contribution in [1.82, 2.24) is 14.8 Å². The minimum absolute atomic E-state index is 0.0234. The first kappa shape index (κ1) is 24.7. The molecule has 1 fully saturated rings. The molecule has 2 heterocycles. The van der Waals surface area contributed by atoms with Crippen LogP contribution in [-0.4, -0.2) is 59.2 Å². The maximum Gasteiger partial charge on any atom is 0.257 e. The first-order chi connectivity index (χ1) is 17.5. The molecular formula is C30H33ClN4O. The zero-order valence-corrected chi connectivity index (χ0v) is 21.8. The molecule has 186 valence electrons. The number of aryl methyl sites for hydroxylation is 2. The van der Waals surface area contributed by atoms with Crippen LogP contribution in [-0.2, 0) is 11.3 Å². The summed E-state index contributed by atoms with van der Waals surface area (Å²) >= 11 is 6.58. The van der Waals surface area contributed by atoms with Gasteiger partial charge in [0.25, 0.3) is 5.91 Å². The minimum Gasteiger partial charge on any atom is -0.297 e. The topological polar surface area (TPSA) is 39.2 Å². The normalized spacial score (nSPS) is 18.9. The summed E-state index contributed by atoms with van der Waals surface area (Å²) in [6, 6.07) is 24.6. The summed E-state index contributed by atoms with van der Waals surface area (Å²) in [5.74, 6) is 0.0234. The van der Waals surface area contributed by atoms with E-state index in [1.54, 1.807) is 5.01 Å². The maximum atomic E-state index is 13.6. The van der Waals surface area contributed by atoms with Crippen LogP contribution < -0.4 is 0 Å². The van der Waals surface area contributed by atoms with E-state index >= 15 is 0 Å². The predicted molar refractivity (Wildman–Crippen MR) is 146 cm³/mol. The number of benzene rings is 3. The van der Waals surface area contributed by atoms with Gasteiger partial charge < -0.3 is 0 Å². The Morgan fingerprint density at radius 1 is 0.889 bits per heavy atom. The molecule has 0 N–H and O–H groups in total. The molecule has 1 amide bonds. The molecule has 0 spiro atoms. The number of rotatable bonds is 6. The van der Waals surface area contributed by atoms with Crippen molar-refractivity contribution >= 4 is 23.2 Å². The third-order valence-corrected chi connectivity index (χ3v) is 7.69. The van der Waals surface area contributed by atoms with Crippen LogP contribution in [0.15, 0.2) is 77.9 Å².